The van der Waals surface area contributed by atoms with Gasteiger partial charge in [0.15, 0.2) is 0 Å². The second-order valence-corrected chi connectivity index (χ2v) is 3.56. The number of hydrogen-bond donors (Lipinski definition) is 0. The van der Waals surface area contributed by atoms with Crippen LogP contribution in [0.4, 0.5) is 0 Å². The van der Waals surface area contributed by atoms with E-state index in [1.165, 1.54) is 4.88 Å². The van der Waals surface area contributed by atoms with Crippen molar-refractivity contribution in [2.75, 3.05) is 7.11 Å². The second-order valence-electron chi connectivity index (χ2n) is 1.90. The van der Waals surface area contributed by atoms with Crippen LogP contribution in [0.25, 0.3) is 0 Å². The van der Waals surface area contributed by atoms with Gasteiger partial charge in [-0.2, -0.15) is 0 Å². The Morgan fingerprint density at radius 1 is 1.55 bits per heavy atom. The highest BCUT2D eigenvalue weighted by atomic mass is 79.9. The maximum absolute atomic E-state index is 4.92. The van der Waals surface area contributed by atoms with Crippen molar-refractivity contribution in [3.63, 3.8) is 0 Å². The van der Waals surface area contributed by atoms with Crippen molar-refractivity contribution in [1.82, 2.24) is 0 Å². The van der Waals surface area contributed by atoms with Crippen molar-refractivity contribution < 1.29 is 4.74 Å². The Morgan fingerprint density at radius 2 is 2.18 bits per heavy atom. The predicted molar refractivity (Wildman–Crippen MR) is 58.1 cm³/mol. The molecule has 0 aromatic carbocycles. The van der Waals surface area contributed by atoms with Crippen LogP contribution in [-0.4, -0.2) is 12.2 Å². The molecule has 0 spiro atoms. The highest BCUT2D eigenvalue weighted by molar-refractivity contribution is 8.93. The number of halogens is 1. The summed E-state index contributed by atoms with van der Waals surface area (Å²) in [5.41, 5.74) is 0. The van der Waals surface area contributed by atoms with Crippen LogP contribution < -0.4 is 0 Å². The third-order valence-electron chi connectivity index (χ3n) is 1.13. The van der Waals surface area contributed by atoms with Crippen molar-refractivity contribution in [3.05, 3.63) is 21.9 Å². The van der Waals surface area contributed by atoms with E-state index in [9.17, 15) is 0 Å². The molecule has 1 rings (SSSR count). The summed E-state index contributed by atoms with van der Waals surface area (Å²) in [6.07, 6.45) is 0. The molecule has 0 atom stereocenters. The fraction of sp³-hybridized carbons (Fsp3) is 0.286. The molecule has 0 saturated carbocycles. The molecule has 1 heterocycles. The van der Waals surface area contributed by atoms with E-state index in [0.717, 1.165) is 4.88 Å². The fourth-order valence-electron chi connectivity index (χ4n) is 0.645. The average Bonchev–Trinajstić information content (AvgIpc) is 2.34. The van der Waals surface area contributed by atoms with Gasteiger partial charge in [-0.05, 0) is 31.3 Å². The molecule has 0 aliphatic carbocycles. The van der Waals surface area contributed by atoms with Crippen molar-refractivity contribution in [2.45, 2.75) is 6.92 Å². The molecule has 0 saturated heterocycles. The Labute approximate surface area is 86.2 Å². The fourth-order valence-corrected chi connectivity index (χ4v) is 1.62. The molecule has 0 bridgehead atoms. The highest BCUT2D eigenvalue weighted by Gasteiger charge is 2.01. The number of rotatable bonds is 1. The van der Waals surface area contributed by atoms with Gasteiger partial charge in [-0.25, -0.2) is 0 Å². The van der Waals surface area contributed by atoms with Crippen molar-refractivity contribution in [2.24, 2.45) is 0 Å². The van der Waals surface area contributed by atoms with Gasteiger partial charge in [-0.3, -0.25) is 0 Å². The van der Waals surface area contributed by atoms with E-state index >= 15 is 0 Å². The molecule has 1 aromatic rings. The molecule has 1 nitrogen and oxygen atoms in total. The molecule has 4 heteroatoms. The number of hydrogen-bond acceptors (Lipinski definition) is 3. The molecule has 0 amide bonds. The number of ether oxygens (including phenoxy) is 1. The predicted octanol–water partition coefficient (Wildman–Crippen LogP) is 2.96. The van der Waals surface area contributed by atoms with Crippen molar-refractivity contribution in [1.29, 1.82) is 0 Å². The molecule has 0 unspecified atom stereocenters. The summed E-state index contributed by atoms with van der Waals surface area (Å²) in [6, 6.07) is 4.01. The Morgan fingerprint density at radius 3 is 2.55 bits per heavy atom. The Hall–Kier alpha value is 0.0700. The van der Waals surface area contributed by atoms with Gasteiger partial charge >= 0.3 is 0 Å². The van der Waals surface area contributed by atoms with Crippen LogP contribution in [0.15, 0.2) is 12.1 Å². The Bertz CT molecular complexity index is 244. The van der Waals surface area contributed by atoms with E-state index in [0.29, 0.717) is 5.05 Å². The highest BCUT2D eigenvalue weighted by Crippen LogP contribution is 2.15. The summed E-state index contributed by atoms with van der Waals surface area (Å²) in [6.45, 7) is 2.05. The molecule has 62 valence electrons. The minimum absolute atomic E-state index is 0. The molecule has 0 radical (unpaired) electrons. The normalized spacial score (nSPS) is 8.55. The first-order chi connectivity index (χ1) is 4.74. The number of thiocarbonyl (C=S) groups is 1. The minimum atomic E-state index is 0. The lowest BCUT2D eigenvalue weighted by atomic mass is 10.4. The topological polar surface area (TPSA) is 9.23 Å². The first kappa shape index (κ1) is 11.1. The quantitative estimate of drug-likeness (QED) is 0.711. The maximum Gasteiger partial charge on any atom is 0.201 e. The average molecular weight is 253 g/mol. The van der Waals surface area contributed by atoms with Gasteiger partial charge in [0.2, 0.25) is 5.05 Å². The zero-order chi connectivity index (χ0) is 7.56. The van der Waals surface area contributed by atoms with Crippen LogP contribution in [-0.2, 0) is 4.74 Å². The van der Waals surface area contributed by atoms with Crippen molar-refractivity contribution in [3.8, 4) is 0 Å². The second kappa shape index (κ2) is 4.85. The summed E-state index contributed by atoms with van der Waals surface area (Å²) in [5, 5.41) is 0.582. The molecule has 1 aromatic heterocycles. The zero-order valence-corrected chi connectivity index (χ0v) is 9.63. The van der Waals surface area contributed by atoms with Gasteiger partial charge in [0, 0.05) is 4.88 Å². The minimum Gasteiger partial charge on any atom is -0.486 e. The zero-order valence-electron chi connectivity index (χ0n) is 6.29. The lowest BCUT2D eigenvalue weighted by molar-refractivity contribution is 0.417. The molecular weight excluding hydrogens is 244 g/mol. The van der Waals surface area contributed by atoms with Gasteiger partial charge < -0.3 is 4.74 Å². The van der Waals surface area contributed by atoms with Gasteiger partial charge in [-0.1, -0.05) is 0 Å². The van der Waals surface area contributed by atoms with Gasteiger partial charge in [0.05, 0.1) is 12.0 Å². The van der Waals surface area contributed by atoms with Gasteiger partial charge in [-0.15, -0.1) is 28.3 Å². The van der Waals surface area contributed by atoms with E-state index in [2.05, 4.69) is 0 Å². The summed E-state index contributed by atoms with van der Waals surface area (Å²) < 4.78 is 4.89. The van der Waals surface area contributed by atoms with Gasteiger partial charge in [0.1, 0.15) is 0 Å². The lowest BCUT2D eigenvalue weighted by Gasteiger charge is -1.95. The van der Waals surface area contributed by atoms with Crippen LogP contribution in [0.3, 0.4) is 0 Å². The van der Waals surface area contributed by atoms with Crippen LogP contribution in [0, 0.1) is 6.92 Å². The lowest BCUT2D eigenvalue weighted by Crippen LogP contribution is -1.94. The molecule has 0 aliphatic rings. The van der Waals surface area contributed by atoms with E-state index < -0.39 is 0 Å². The molecule has 0 fully saturated rings. The van der Waals surface area contributed by atoms with Crippen LogP contribution >= 0.6 is 40.5 Å². The summed E-state index contributed by atoms with van der Waals surface area (Å²) in [4.78, 5) is 2.30. The monoisotopic (exact) mass is 252 g/mol. The van der Waals surface area contributed by atoms with Crippen LogP contribution in [0.2, 0.25) is 0 Å². The van der Waals surface area contributed by atoms with E-state index in [1.54, 1.807) is 18.4 Å². The number of methoxy groups -OCH3 is 1. The standard InChI is InChI=1S/C7H8OS2.BrH/c1-5-3-4-6(10-5)7(9)8-2;/h3-4H,1-2H3;1H. The van der Waals surface area contributed by atoms with E-state index in [-0.39, 0.29) is 17.0 Å². The first-order valence-corrected chi connectivity index (χ1v) is 4.11. The number of aryl methyl sites for hydroxylation is 1. The molecular formula is C7H9BrOS2. The number of thiophene rings is 1. The van der Waals surface area contributed by atoms with E-state index in [1.807, 2.05) is 19.1 Å². The molecule has 0 N–H and O–H groups in total. The maximum atomic E-state index is 4.92. The Kier molecular flexibility index (Phi) is 4.88. The Balaban J connectivity index is 0.000001000. The van der Waals surface area contributed by atoms with Crippen LogP contribution in [0.1, 0.15) is 9.75 Å². The summed E-state index contributed by atoms with van der Waals surface area (Å²) >= 11 is 6.58. The van der Waals surface area contributed by atoms with Crippen molar-refractivity contribution >= 4 is 45.6 Å². The molecule has 11 heavy (non-hydrogen) atoms. The van der Waals surface area contributed by atoms with E-state index in [4.69, 9.17) is 17.0 Å². The first-order valence-electron chi connectivity index (χ1n) is 2.89. The van der Waals surface area contributed by atoms with Gasteiger partial charge in [0.25, 0.3) is 0 Å². The summed E-state index contributed by atoms with van der Waals surface area (Å²) in [5.74, 6) is 0. The third-order valence-corrected chi connectivity index (χ3v) is 2.64. The van der Waals surface area contributed by atoms with Crippen LogP contribution in [0.5, 0.6) is 0 Å². The third kappa shape index (κ3) is 2.89. The SMILES string of the molecule is Br.COC(=S)c1ccc(C)s1. The largest absolute Gasteiger partial charge is 0.486 e. The smallest absolute Gasteiger partial charge is 0.201 e. The summed E-state index contributed by atoms with van der Waals surface area (Å²) in [7, 11) is 1.59. The molecule has 0 aliphatic heterocycles.